The van der Waals surface area contributed by atoms with Crippen molar-refractivity contribution in [3.8, 4) is 0 Å². The summed E-state index contributed by atoms with van der Waals surface area (Å²) >= 11 is 0. The van der Waals surface area contributed by atoms with Gasteiger partial charge in [-0.15, -0.1) is 0 Å². The molecule has 0 aromatic rings. The second-order valence-electron chi connectivity index (χ2n) is 6.96. The van der Waals surface area contributed by atoms with Crippen LogP contribution < -0.4 is 0 Å². The van der Waals surface area contributed by atoms with Crippen LogP contribution in [0.15, 0.2) is 23.3 Å². The van der Waals surface area contributed by atoms with Gasteiger partial charge in [0, 0.05) is 0 Å². The van der Waals surface area contributed by atoms with Crippen molar-refractivity contribution in [2.24, 2.45) is 11.8 Å². The van der Waals surface area contributed by atoms with Crippen molar-refractivity contribution in [3.05, 3.63) is 23.3 Å². The Morgan fingerprint density at radius 2 is 1.74 bits per heavy atom. The summed E-state index contributed by atoms with van der Waals surface area (Å²) in [6, 6.07) is 0. The quantitative estimate of drug-likeness (QED) is 0.449. The highest BCUT2D eigenvalue weighted by Gasteiger charge is 2.13. The molecule has 1 aliphatic rings. The minimum Gasteiger partial charge on any atom is -0.0859 e. The number of rotatable bonds is 7. The second kappa shape index (κ2) is 9.39. The topological polar surface area (TPSA) is 0 Å². The van der Waals surface area contributed by atoms with Crippen LogP contribution in [0.5, 0.6) is 0 Å². The van der Waals surface area contributed by atoms with Gasteiger partial charge in [-0.25, -0.2) is 0 Å². The Bertz CT molecular complexity index is 285. The Morgan fingerprint density at radius 1 is 1.05 bits per heavy atom. The van der Waals surface area contributed by atoms with Gasteiger partial charge >= 0.3 is 0 Å². The van der Waals surface area contributed by atoms with E-state index in [4.69, 9.17) is 0 Å². The fourth-order valence-corrected chi connectivity index (χ4v) is 3.11. The predicted octanol–water partition coefficient (Wildman–Crippen LogP) is 6.68. The zero-order valence-electron chi connectivity index (χ0n) is 13.7. The minimum absolute atomic E-state index is 0.830. The molecule has 1 unspecified atom stereocenters. The maximum atomic E-state index is 2.52. The van der Waals surface area contributed by atoms with Crippen molar-refractivity contribution in [3.63, 3.8) is 0 Å². The van der Waals surface area contributed by atoms with Crippen LogP contribution in [0.4, 0.5) is 0 Å². The molecule has 1 atom stereocenters. The highest BCUT2D eigenvalue weighted by molar-refractivity contribution is 5.00. The molecule has 110 valence electrons. The third-order valence-electron chi connectivity index (χ3n) is 4.42. The van der Waals surface area contributed by atoms with Gasteiger partial charge in [-0.05, 0) is 58.3 Å². The van der Waals surface area contributed by atoms with Crippen LogP contribution in [-0.4, -0.2) is 0 Å². The van der Waals surface area contributed by atoms with E-state index < -0.39 is 0 Å². The van der Waals surface area contributed by atoms with Crippen molar-refractivity contribution in [2.45, 2.75) is 85.5 Å². The molecule has 0 aliphatic heterocycles. The van der Waals surface area contributed by atoms with E-state index in [1.54, 1.807) is 5.57 Å². The highest BCUT2D eigenvalue weighted by atomic mass is 14.2. The van der Waals surface area contributed by atoms with Gasteiger partial charge < -0.3 is 0 Å². The molecule has 0 aromatic carbocycles. The lowest BCUT2D eigenvalue weighted by Gasteiger charge is -2.21. The molecule has 1 rings (SSSR count). The van der Waals surface area contributed by atoms with Crippen LogP contribution in [-0.2, 0) is 0 Å². The molecule has 0 heterocycles. The van der Waals surface area contributed by atoms with E-state index in [-0.39, 0.29) is 0 Å². The predicted molar refractivity (Wildman–Crippen MR) is 87.4 cm³/mol. The van der Waals surface area contributed by atoms with Crippen LogP contribution in [0.25, 0.3) is 0 Å². The fourth-order valence-electron chi connectivity index (χ4n) is 3.11. The first-order valence-electron chi connectivity index (χ1n) is 8.37. The van der Waals surface area contributed by atoms with Gasteiger partial charge in [-0.2, -0.15) is 0 Å². The van der Waals surface area contributed by atoms with Crippen molar-refractivity contribution in [2.75, 3.05) is 0 Å². The minimum atomic E-state index is 0.830. The van der Waals surface area contributed by atoms with Crippen LogP contribution >= 0.6 is 0 Å². The van der Waals surface area contributed by atoms with E-state index >= 15 is 0 Å². The molecule has 0 radical (unpaired) electrons. The first-order chi connectivity index (χ1) is 9.08. The molecular formula is C19H34. The van der Waals surface area contributed by atoms with Gasteiger partial charge in [0.1, 0.15) is 0 Å². The van der Waals surface area contributed by atoms with Gasteiger partial charge in [-0.1, -0.05) is 62.3 Å². The zero-order chi connectivity index (χ0) is 14.1. The number of hydrogen-bond acceptors (Lipinski definition) is 0. The lowest BCUT2D eigenvalue weighted by atomic mass is 9.84. The molecular weight excluding hydrogens is 228 g/mol. The summed E-state index contributed by atoms with van der Waals surface area (Å²) in [7, 11) is 0. The molecule has 19 heavy (non-hydrogen) atoms. The maximum absolute atomic E-state index is 2.52. The zero-order valence-corrected chi connectivity index (χ0v) is 13.7. The average Bonchev–Trinajstić information content (AvgIpc) is 2.37. The Hall–Kier alpha value is -0.520. The molecule has 0 amide bonds. The van der Waals surface area contributed by atoms with E-state index in [0.29, 0.717) is 0 Å². The average molecular weight is 262 g/mol. The number of allylic oxidation sites excluding steroid dienone is 4. The standard InChI is InChI=1S/C19H34/c1-16(2)9-8-10-17(3)13-14-18(4)15-19-11-6-5-7-12-19/h9,14,17,19H,5-8,10-13,15H2,1-4H3/b18-14-. The summed E-state index contributed by atoms with van der Waals surface area (Å²) in [6.07, 6.45) is 17.5. The summed E-state index contributed by atoms with van der Waals surface area (Å²) in [5.41, 5.74) is 3.09. The Labute approximate surface area is 121 Å². The van der Waals surface area contributed by atoms with Crippen molar-refractivity contribution in [1.29, 1.82) is 0 Å². The molecule has 1 aliphatic carbocycles. The Balaban J connectivity index is 2.20. The van der Waals surface area contributed by atoms with Gasteiger partial charge in [-0.3, -0.25) is 0 Å². The lowest BCUT2D eigenvalue weighted by molar-refractivity contribution is 0.355. The Kier molecular flexibility index (Phi) is 8.18. The van der Waals surface area contributed by atoms with E-state index in [2.05, 4.69) is 39.8 Å². The summed E-state index contributed by atoms with van der Waals surface area (Å²) in [4.78, 5) is 0. The molecule has 0 nitrogen and oxygen atoms in total. The van der Waals surface area contributed by atoms with Crippen molar-refractivity contribution >= 4 is 0 Å². The molecule has 0 N–H and O–H groups in total. The highest BCUT2D eigenvalue weighted by Crippen LogP contribution is 2.29. The van der Waals surface area contributed by atoms with Gasteiger partial charge in [0.25, 0.3) is 0 Å². The monoisotopic (exact) mass is 262 g/mol. The van der Waals surface area contributed by atoms with Crippen molar-refractivity contribution < 1.29 is 0 Å². The molecule has 0 saturated heterocycles. The molecule has 1 saturated carbocycles. The molecule has 0 bridgehead atoms. The van der Waals surface area contributed by atoms with Gasteiger partial charge in [0.15, 0.2) is 0 Å². The molecule has 1 fully saturated rings. The van der Waals surface area contributed by atoms with Crippen LogP contribution in [0, 0.1) is 11.8 Å². The van der Waals surface area contributed by atoms with Crippen LogP contribution in [0.1, 0.15) is 85.5 Å². The smallest absolute Gasteiger partial charge is 0.0295 e. The maximum Gasteiger partial charge on any atom is -0.0295 e. The van der Waals surface area contributed by atoms with E-state index in [1.165, 1.54) is 63.4 Å². The van der Waals surface area contributed by atoms with E-state index in [0.717, 1.165) is 11.8 Å². The van der Waals surface area contributed by atoms with E-state index in [1.807, 2.05) is 0 Å². The summed E-state index contributed by atoms with van der Waals surface area (Å²) in [5, 5.41) is 0. The molecule has 0 heteroatoms. The number of hydrogen-bond donors (Lipinski definition) is 0. The second-order valence-corrected chi connectivity index (χ2v) is 6.96. The summed E-state index contributed by atoms with van der Waals surface area (Å²) in [6.45, 7) is 9.12. The summed E-state index contributed by atoms with van der Waals surface area (Å²) < 4.78 is 0. The summed E-state index contributed by atoms with van der Waals surface area (Å²) in [5.74, 6) is 1.82. The lowest BCUT2D eigenvalue weighted by Crippen LogP contribution is -2.06. The third kappa shape index (κ3) is 8.29. The first-order valence-corrected chi connectivity index (χ1v) is 8.37. The SMILES string of the molecule is CC(C)=CCCC(C)C/C=C(/C)CC1CCCCC1. The third-order valence-corrected chi connectivity index (χ3v) is 4.42. The molecule has 0 spiro atoms. The Morgan fingerprint density at radius 3 is 2.37 bits per heavy atom. The fraction of sp³-hybridized carbons (Fsp3) is 0.789. The van der Waals surface area contributed by atoms with E-state index in [9.17, 15) is 0 Å². The van der Waals surface area contributed by atoms with Crippen LogP contribution in [0.3, 0.4) is 0 Å². The van der Waals surface area contributed by atoms with Crippen molar-refractivity contribution in [1.82, 2.24) is 0 Å². The molecule has 0 aromatic heterocycles. The first kappa shape index (κ1) is 16.5. The van der Waals surface area contributed by atoms with Gasteiger partial charge in [0.2, 0.25) is 0 Å². The van der Waals surface area contributed by atoms with Gasteiger partial charge in [0.05, 0.1) is 0 Å². The van der Waals surface area contributed by atoms with Crippen LogP contribution in [0.2, 0.25) is 0 Å². The largest absolute Gasteiger partial charge is 0.0859 e. The normalized spacial score (nSPS) is 19.3.